The Kier molecular flexibility index (Phi) is 6.09. The van der Waals surface area contributed by atoms with E-state index in [4.69, 9.17) is 10.1 Å². The highest BCUT2D eigenvalue weighted by Crippen LogP contribution is 2.29. The largest absolute Gasteiger partial charge is 0.396 e. The molecule has 0 bridgehead atoms. The third-order valence-corrected chi connectivity index (χ3v) is 5.38. The highest BCUT2D eigenvalue weighted by Gasteiger charge is 2.34. The van der Waals surface area contributed by atoms with Crippen molar-refractivity contribution in [2.45, 2.75) is 19.8 Å². The van der Waals surface area contributed by atoms with Crippen LogP contribution in [0.1, 0.15) is 18.5 Å². The number of hydrogen-bond donors (Lipinski definition) is 2. The molecule has 0 aromatic carbocycles. The lowest BCUT2D eigenvalue weighted by atomic mass is 9.96. The number of rotatable bonds is 7. The van der Waals surface area contributed by atoms with E-state index in [2.05, 4.69) is 19.7 Å². The fraction of sp³-hybridized carbons (Fsp3) is 0.778. The molecular weight excluding hydrogens is 318 g/mol. The summed E-state index contributed by atoms with van der Waals surface area (Å²) >= 11 is 0. The molecule has 2 saturated heterocycles. The van der Waals surface area contributed by atoms with Gasteiger partial charge in [-0.15, -0.1) is 0 Å². The second kappa shape index (κ2) is 8.29. The number of aliphatic hydroxyl groups is 2. The minimum atomic E-state index is 0.168. The van der Waals surface area contributed by atoms with Crippen molar-refractivity contribution in [3.63, 3.8) is 0 Å². The van der Waals surface area contributed by atoms with Crippen LogP contribution in [0, 0.1) is 18.8 Å². The fourth-order valence-corrected chi connectivity index (χ4v) is 3.96. The summed E-state index contributed by atoms with van der Waals surface area (Å²) < 4.78 is 0. The molecule has 7 nitrogen and oxygen atoms in total. The van der Waals surface area contributed by atoms with E-state index in [1.807, 2.05) is 20.0 Å². The van der Waals surface area contributed by atoms with Gasteiger partial charge in [0, 0.05) is 63.6 Å². The van der Waals surface area contributed by atoms with Gasteiger partial charge in [-0.2, -0.15) is 4.98 Å². The van der Waals surface area contributed by atoms with Crippen LogP contribution in [-0.4, -0.2) is 84.6 Å². The maximum absolute atomic E-state index is 9.79. The SMILES string of the molecule is Cc1cc(N2C[C@@H](CN(C)CCO)[C@@H](CO)C2)nc(N2CCCC2)n1. The van der Waals surface area contributed by atoms with E-state index in [1.54, 1.807) is 0 Å². The van der Waals surface area contributed by atoms with E-state index in [1.165, 1.54) is 12.8 Å². The van der Waals surface area contributed by atoms with Crippen LogP contribution < -0.4 is 9.80 Å². The molecule has 0 saturated carbocycles. The molecule has 2 N–H and O–H groups in total. The zero-order valence-corrected chi connectivity index (χ0v) is 15.4. The van der Waals surface area contributed by atoms with Gasteiger partial charge in [-0.1, -0.05) is 0 Å². The zero-order chi connectivity index (χ0) is 17.8. The van der Waals surface area contributed by atoms with Crippen molar-refractivity contribution < 1.29 is 10.2 Å². The number of nitrogens with zero attached hydrogens (tertiary/aromatic N) is 5. The molecule has 0 spiro atoms. The van der Waals surface area contributed by atoms with Crippen LogP contribution in [0.4, 0.5) is 11.8 Å². The molecule has 3 rings (SSSR count). The molecule has 1 aromatic rings. The third-order valence-electron chi connectivity index (χ3n) is 5.38. The van der Waals surface area contributed by atoms with Crippen molar-refractivity contribution in [2.24, 2.45) is 11.8 Å². The molecule has 0 amide bonds. The number of anilines is 2. The summed E-state index contributed by atoms with van der Waals surface area (Å²) in [6, 6.07) is 2.05. The van der Waals surface area contributed by atoms with E-state index >= 15 is 0 Å². The first-order valence-electron chi connectivity index (χ1n) is 9.36. The molecule has 1 aromatic heterocycles. The second-order valence-corrected chi connectivity index (χ2v) is 7.46. The van der Waals surface area contributed by atoms with Crippen molar-refractivity contribution in [1.82, 2.24) is 14.9 Å². The van der Waals surface area contributed by atoms with E-state index in [-0.39, 0.29) is 19.1 Å². The topological polar surface area (TPSA) is 76.0 Å². The Morgan fingerprint density at radius 3 is 2.52 bits per heavy atom. The summed E-state index contributed by atoms with van der Waals surface area (Å²) in [5.41, 5.74) is 0.994. The minimum Gasteiger partial charge on any atom is -0.396 e. The predicted molar refractivity (Wildman–Crippen MR) is 99.1 cm³/mol. The van der Waals surface area contributed by atoms with Crippen molar-refractivity contribution in [3.05, 3.63) is 11.8 Å². The second-order valence-electron chi connectivity index (χ2n) is 7.46. The van der Waals surface area contributed by atoms with Crippen LogP contribution in [0.2, 0.25) is 0 Å². The Balaban J connectivity index is 1.73. The lowest BCUT2D eigenvalue weighted by Crippen LogP contribution is -2.33. The first-order valence-corrected chi connectivity index (χ1v) is 9.36. The van der Waals surface area contributed by atoms with Gasteiger partial charge in [-0.05, 0) is 32.7 Å². The van der Waals surface area contributed by atoms with Gasteiger partial charge in [0.1, 0.15) is 5.82 Å². The van der Waals surface area contributed by atoms with E-state index in [9.17, 15) is 5.11 Å². The summed E-state index contributed by atoms with van der Waals surface area (Å²) in [4.78, 5) is 16.1. The predicted octanol–water partition coefficient (Wildman–Crippen LogP) is 0.354. The first-order chi connectivity index (χ1) is 12.1. The van der Waals surface area contributed by atoms with Gasteiger partial charge < -0.3 is 24.9 Å². The van der Waals surface area contributed by atoms with Gasteiger partial charge in [-0.25, -0.2) is 4.98 Å². The van der Waals surface area contributed by atoms with Gasteiger partial charge in [0.2, 0.25) is 5.95 Å². The molecule has 2 fully saturated rings. The summed E-state index contributed by atoms with van der Waals surface area (Å²) in [6.07, 6.45) is 2.42. The third kappa shape index (κ3) is 4.40. The van der Waals surface area contributed by atoms with Crippen molar-refractivity contribution >= 4 is 11.8 Å². The minimum absolute atomic E-state index is 0.168. The van der Waals surface area contributed by atoms with Crippen molar-refractivity contribution in [2.75, 3.05) is 69.3 Å². The Bertz CT molecular complexity index is 564. The van der Waals surface area contributed by atoms with Crippen LogP contribution in [0.3, 0.4) is 0 Å². The molecule has 2 aliphatic rings. The molecule has 0 aliphatic carbocycles. The number of aliphatic hydroxyl groups excluding tert-OH is 2. The van der Waals surface area contributed by atoms with Crippen LogP contribution in [0.5, 0.6) is 0 Å². The molecule has 7 heteroatoms. The van der Waals surface area contributed by atoms with Crippen molar-refractivity contribution in [3.8, 4) is 0 Å². The number of aryl methyl sites for hydroxylation is 1. The standard InChI is InChI=1S/C18H31N5O2/c1-14-9-17(20-18(19-14)22-5-3-4-6-22)23-11-15(16(12-23)13-25)10-21(2)7-8-24/h9,15-16,24-25H,3-8,10-13H2,1-2H3/t15-,16-/m1/s1. The summed E-state index contributed by atoms with van der Waals surface area (Å²) in [5, 5.41) is 18.9. The van der Waals surface area contributed by atoms with E-state index < -0.39 is 0 Å². The highest BCUT2D eigenvalue weighted by atomic mass is 16.3. The molecule has 3 heterocycles. The Labute approximate surface area is 150 Å². The number of hydrogen-bond acceptors (Lipinski definition) is 7. The smallest absolute Gasteiger partial charge is 0.227 e. The normalized spacial score (nSPS) is 23.9. The lowest BCUT2D eigenvalue weighted by molar-refractivity contribution is 0.160. The summed E-state index contributed by atoms with van der Waals surface area (Å²) in [6.45, 7) is 7.72. The van der Waals surface area contributed by atoms with Gasteiger partial charge in [0.25, 0.3) is 0 Å². The van der Waals surface area contributed by atoms with Crippen molar-refractivity contribution in [1.29, 1.82) is 0 Å². The van der Waals surface area contributed by atoms with Gasteiger partial charge in [0.05, 0.1) is 6.61 Å². The highest BCUT2D eigenvalue weighted by molar-refractivity contribution is 5.47. The molecule has 25 heavy (non-hydrogen) atoms. The van der Waals surface area contributed by atoms with Crippen LogP contribution in [0.15, 0.2) is 6.07 Å². The molecule has 2 atom stereocenters. The number of likely N-dealkylation sites (N-methyl/N-ethyl adjacent to an activating group) is 1. The molecular formula is C18H31N5O2. The summed E-state index contributed by atoms with van der Waals surface area (Å²) in [7, 11) is 2.02. The average Bonchev–Trinajstić information content (AvgIpc) is 3.24. The molecule has 2 aliphatic heterocycles. The van der Waals surface area contributed by atoms with E-state index in [0.29, 0.717) is 12.5 Å². The Morgan fingerprint density at radius 2 is 1.84 bits per heavy atom. The molecule has 140 valence electrons. The molecule has 0 radical (unpaired) electrons. The maximum atomic E-state index is 9.79. The summed E-state index contributed by atoms with van der Waals surface area (Å²) in [5.74, 6) is 2.44. The Hall–Kier alpha value is -1.44. The molecule has 0 unspecified atom stereocenters. The fourth-order valence-electron chi connectivity index (χ4n) is 3.96. The number of aromatic nitrogens is 2. The quantitative estimate of drug-likeness (QED) is 0.736. The van der Waals surface area contributed by atoms with Gasteiger partial charge in [-0.3, -0.25) is 0 Å². The zero-order valence-electron chi connectivity index (χ0n) is 15.4. The lowest BCUT2D eigenvalue weighted by Gasteiger charge is -2.23. The average molecular weight is 349 g/mol. The van der Waals surface area contributed by atoms with Crippen LogP contribution >= 0.6 is 0 Å². The van der Waals surface area contributed by atoms with Crippen LogP contribution in [-0.2, 0) is 0 Å². The monoisotopic (exact) mass is 349 g/mol. The Morgan fingerprint density at radius 1 is 1.12 bits per heavy atom. The van der Waals surface area contributed by atoms with E-state index in [0.717, 1.165) is 50.2 Å². The van der Waals surface area contributed by atoms with Gasteiger partial charge >= 0.3 is 0 Å². The first kappa shape index (κ1) is 18.4. The van der Waals surface area contributed by atoms with Gasteiger partial charge in [0.15, 0.2) is 0 Å². The maximum Gasteiger partial charge on any atom is 0.227 e. The van der Waals surface area contributed by atoms with Crippen LogP contribution in [0.25, 0.3) is 0 Å².